The molecule has 1 aromatic heterocycles. The molecule has 1 heterocycles. The molecule has 0 amide bonds. The van der Waals surface area contributed by atoms with Crippen LogP contribution in [0.5, 0.6) is 0 Å². The van der Waals surface area contributed by atoms with E-state index in [1.165, 1.54) is 39.0 Å². The lowest BCUT2D eigenvalue weighted by Crippen LogP contribution is -2.14. The molecule has 0 spiro atoms. The van der Waals surface area contributed by atoms with Crippen molar-refractivity contribution in [3.63, 3.8) is 0 Å². The average molecular weight is 309 g/mol. The molecule has 1 heteroatoms. The molecule has 0 aliphatic heterocycles. The molecule has 116 valence electrons. The van der Waals surface area contributed by atoms with Crippen LogP contribution in [0.1, 0.15) is 25.0 Å². The number of hydrogen-bond donors (Lipinski definition) is 0. The Bertz CT molecular complexity index is 1070. The molecule has 0 bridgehead atoms. The Labute approximate surface area is 142 Å². The van der Waals surface area contributed by atoms with E-state index in [0.29, 0.717) is 0 Å². The van der Waals surface area contributed by atoms with Crippen LogP contribution in [0.3, 0.4) is 0 Å². The van der Waals surface area contributed by atoms with Gasteiger partial charge in [0, 0.05) is 22.1 Å². The summed E-state index contributed by atoms with van der Waals surface area (Å²) in [4.78, 5) is 0. The summed E-state index contributed by atoms with van der Waals surface area (Å²) in [5, 5.41) is 1.36. The van der Waals surface area contributed by atoms with Crippen molar-refractivity contribution in [1.82, 2.24) is 4.57 Å². The molecule has 0 fully saturated rings. The van der Waals surface area contributed by atoms with Crippen molar-refractivity contribution in [2.75, 3.05) is 0 Å². The predicted molar refractivity (Wildman–Crippen MR) is 101 cm³/mol. The number of hydrogen-bond acceptors (Lipinski definition) is 0. The zero-order chi connectivity index (χ0) is 16.3. The Hall–Kier alpha value is -2.80. The molecule has 24 heavy (non-hydrogen) atoms. The van der Waals surface area contributed by atoms with Gasteiger partial charge in [-0.25, -0.2) is 0 Å². The number of rotatable bonds is 1. The Morgan fingerprint density at radius 3 is 2.21 bits per heavy atom. The zero-order valence-corrected chi connectivity index (χ0v) is 14.0. The van der Waals surface area contributed by atoms with E-state index in [-0.39, 0.29) is 5.41 Å². The highest BCUT2D eigenvalue weighted by atomic mass is 15.0. The summed E-state index contributed by atoms with van der Waals surface area (Å²) in [6.45, 7) is 4.69. The summed E-state index contributed by atoms with van der Waals surface area (Å²) in [5.41, 5.74) is 8.11. The number of benzene rings is 3. The van der Waals surface area contributed by atoms with Gasteiger partial charge in [-0.15, -0.1) is 0 Å². The zero-order valence-electron chi connectivity index (χ0n) is 14.0. The SMILES string of the molecule is CC1(C)c2ccccc2-c2c1c1ccccc1n2-c1ccccc1. The standard InChI is InChI=1S/C23H19N/c1-23(2)19-14-8-6-12-17(19)22-21(23)18-13-7-9-15-20(18)24(22)16-10-4-3-5-11-16/h3-15H,1-2H3. The van der Waals surface area contributed by atoms with Gasteiger partial charge in [0.2, 0.25) is 0 Å². The van der Waals surface area contributed by atoms with E-state index in [9.17, 15) is 0 Å². The van der Waals surface area contributed by atoms with E-state index in [1.807, 2.05) is 0 Å². The van der Waals surface area contributed by atoms with Crippen LogP contribution < -0.4 is 0 Å². The largest absolute Gasteiger partial charge is 0.309 e. The van der Waals surface area contributed by atoms with Gasteiger partial charge in [-0.3, -0.25) is 0 Å². The maximum absolute atomic E-state index is 2.43. The number of fused-ring (bicyclic) bond motifs is 5. The summed E-state index contributed by atoms with van der Waals surface area (Å²) < 4.78 is 2.43. The third-order valence-corrected chi connectivity index (χ3v) is 5.37. The molecule has 5 rings (SSSR count). The maximum Gasteiger partial charge on any atom is 0.0584 e. The Morgan fingerprint density at radius 1 is 0.708 bits per heavy atom. The number of aromatic nitrogens is 1. The second kappa shape index (κ2) is 4.61. The quantitative estimate of drug-likeness (QED) is 0.410. The van der Waals surface area contributed by atoms with Crippen LogP contribution in [-0.4, -0.2) is 4.57 Å². The molecule has 1 aliphatic rings. The van der Waals surface area contributed by atoms with Crippen LogP contribution in [-0.2, 0) is 5.41 Å². The van der Waals surface area contributed by atoms with Gasteiger partial charge in [0.15, 0.2) is 0 Å². The first kappa shape index (κ1) is 13.6. The van der Waals surface area contributed by atoms with E-state index < -0.39 is 0 Å². The molecule has 3 aromatic carbocycles. The van der Waals surface area contributed by atoms with Crippen LogP contribution >= 0.6 is 0 Å². The lowest BCUT2D eigenvalue weighted by Gasteiger charge is -2.21. The first-order valence-corrected chi connectivity index (χ1v) is 8.49. The molecule has 4 aromatic rings. The molecular formula is C23H19N. The van der Waals surface area contributed by atoms with Gasteiger partial charge in [-0.1, -0.05) is 74.5 Å². The monoisotopic (exact) mass is 309 g/mol. The van der Waals surface area contributed by atoms with Gasteiger partial charge in [0.05, 0.1) is 11.2 Å². The minimum absolute atomic E-state index is 0.0194. The molecule has 1 nitrogen and oxygen atoms in total. The van der Waals surface area contributed by atoms with Crippen LogP contribution in [0, 0.1) is 0 Å². The minimum atomic E-state index is 0.0194. The molecule has 0 saturated heterocycles. The topological polar surface area (TPSA) is 4.93 Å². The first-order valence-electron chi connectivity index (χ1n) is 8.49. The molecular weight excluding hydrogens is 290 g/mol. The van der Waals surface area contributed by atoms with Gasteiger partial charge in [0.1, 0.15) is 0 Å². The predicted octanol–water partition coefficient (Wildman–Crippen LogP) is 5.94. The Morgan fingerprint density at radius 2 is 1.38 bits per heavy atom. The third kappa shape index (κ3) is 1.59. The molecule has 0 radical (unpaired) electrons. The minimum Gasteiger partial charge on any atom is -0.309 e. The van der Waals surface area contributed by atoms with Crippen molar-refractivity contribution in [3.05, 3.63) is 90.0 Å². The van der Waals surface area contributed by atoms with Crippen LogP contribution in [0.25, 0.3) is 27.8 Å². The Balaban J connectivity index is 2.01. The van der Waals surface area contributed by atoms with Crippen LogP contribution in [0.2, 0.25) is 0 Å². The highest BCUT2D eigenvalue weighted by Gasteiger charge is 2.40. The lowest BCUT2D eigenvalue weighted by atomic mass is 9.81. The fourth-order valence-electron chi connectivity index (χ4n) is 4.34. The second-order valence-electron chi connectivity index (χ2n) is 7.08. The summed E-state index contributed by atoms with van der Waals surface area (Å²) in [7, 11) is 0. The van der Waals surface area contributed by atoms with Gasteiger partial charge < -0.3 is 4.57 Å². The van der Waals surface area contributed by atoms with Crippen molar-refractivity contribution in [2.45, 2.75) is 19.3 Å². The van der Waals surface area contributed by atoms with E-state index >= 15 is 0 Å². The molecule has 0 N–H and O–H groups in total. The van der Waals surface area contributed by atoms with Crippen molar-refractivity contribution in [2.24, 2.45) is 0 Å². The summed E-state index contributed by atoms with van der Waals surface area (Å²) in [5.74, 6) is 0. The fourth-order valence-corrected chi connectivity index (χ4v) is 4.34. The highest BCUT2D eigenvalue weighted by molar-refractivity contribution is 5.99. The fraction of sp³-hybridized carbons (Fsp3) is 0.130. The second-order valence-corrected chi connectivity index (χ2v) is 7.08. The molecule has 0 unspecified atom stereocenters. The summed E-state index contributed by atoms with van der Waals surface area (Å²) >= 11 is 0. The summed E-state index contributed by atoms with van der Waals surface area (Å²) in [6, 6.07) is 28.3. The van der Waals surface area contributed by atoms with Gasteiger partial charge in [-0.05, 0) is 29.3 Å². The summed E-state index contributed by atoms with van der Waals surface area (Å²) in [6.07, 6.45) is 0. The van der Waals surface area contributed by atoms with E-state index in [4.69, 9.17) is 0 Å². The Kier molecular flexibility index (Phi) is 2.62. The first-order chi connectivity index (χ1) is 11.7. The maximum atomic E-state index is 2.43. The van der Waals surface area contributed by atoms with E-state index in [0.717, 1.165) is 0 Å². The van der Waals surface area contributed by atoms with Crippen molar-refractivity contribution >= 4 is 10.9 Å². The normalized spacial score (nSPS) is 14.6. The van der Waals surface area contributed by atoms with Crippen molar-refractivity contribution < 1.29 is 0 Å². The van der Waals surface area contributed by atoms with Gasteiger partial charge in [0.25, 0.3) is 0 Å². The molecule has 0 saturated carbocycles. The van der Waals surface area contributed by atoms with Crippen LogP contribution in [0.15, 0.2) is 78.9 Å². The van der Waals surface area contributed by atoms with Gasteiger partial charge in [-0.2, -0.15) is 0 Å². The van der Waals surface area contributed by atoms with Gasteiger partial charge >= 0.3 is 0 Å². The molecule has 1 aliphatic carbocycles. The number of nitrogens with zero attached hydrogens (tertiary/aromatic N) is 1. The van der Waals surface area contributed by atoms with E-state index in [2.05, 4.69) is 97.3 Å². The van der Waals surface area contributed by atoms with Crippen molar-refractivity contribution in [3.8, 4) is 16.9 Å². The van der Waals surface area contributed by atoms with Crippen LogP contribution in [0.4, 0.5) is 0 Å². The average Bonchev–Trinajstić information content (AvgIpc) is 3.08. The van der Waals surface area contributed by atoms with E-state index in [1.54, 1.807) is 0 Å². The molecule has 0 atom stereocenters. The third-order valence-electron chi connectivity index (χ3n) is 5.37. The highest BCUT2D eigenvalue weighted by Crippen LogP contribution is 2.53. The lowest BCUT2D eigenvalue weighted by molar-refractivity contribution is 0.666. The number of para-hydroxylation sites is 2. The van der Waals surface area contributed by atoms with Crippen molar-refractivity contribution in [1.29, 1.82) is 0 Å². The smallest absolute Gasteiger partial charge is 0.0584 e.